The van der Waals surface area contributed by atoms with Gasteiger partial charge in [0.25, 0.3) is 0 Å². The van der Waals surface area contributed by atoms with E-state index in [2.05, 4.69) is 4.74 Å². The van der Waals surface area contributed by atoms with Gasteiger partial charge in [0.2, 0.25) is 0 Å². The van der Waals surface area contributed by atoms with Crippen LogP contribution >= 0.6 is 0 Å². The maximum Gasteiger partial charge on any atom is 0.346 e. The number of ether oxygens (including phenoxy) is 1. The smallest absolute Gasteiger partial charge is 0.346 e. The molecule has 6 heteroatoms. The number of esters is 1. The van der Waals surface area contributed by atoms with Gasteiger partial charge in [-0.15, -0.1) is 0 Å². The van der Waals surface area contributed by atoms with E-state index < -0.39 is 23.4 Å². The normalized spacial score (nSPS) is 23.9. The van der Waals surface area contributed by atoms with Gasteiger partial charge in [-0.3, -0.25) is 0 Å². The van der Waals surface area contributed by atoms with Crippen LogP contribution in [0, 0.1) is 0 Å². The number of hydrogen-bond donors (Lipinski definition) is 0. The maximum atomic E-state index is 12.3. The summed E-state index contributed by atoms with van der Waals surface area (Å²) in [5, 5.41) is 0. The van der Waals surface area contributed by atoms with Crippen molar-refractivity contribution in [3.8, 4) is 0 Å². The molecule has 12 heavy (non-hydrogen) atoms. The van der Waals surface area contributed by atoms with E-state index in [9.17, 15) is 22.4 Å². The molecule has 0 atom stereocenters. The lowest BCUT2D eigenvalue weighted by atomic mass is 9.89. The highest BCUT2D eigenvalue weighted by Gasteiger charge is 2.68. The lowest BCUT2D eigenvalue weighted by Crippen LogP contribution is -2.51. The van der Waals surface area contributed by atoms with E-state index in [1.54, 1.807) is 0 Å². The van der Waals surface area contributed by atoms with Gasteiger partial charge in [0.05, 0.1) is 7.11 Å². The van der Waals surface area contributed by atoms with Gasteiger partial charge in [0.1, 0.15) is 5.57 Å². The summed E-state index contributed by atoms with van der Waals surface area (Å²) in [5.41, 5.74) is -1.28. The van der Waals surface area contributed by atoms with Crippen molar-refractivity contribution >= 4 is 5.97 Å². The molecule has 1 aliphatic carbocycles. The van der Waals surface area contributed by atoms with Gasteiger partial charge in [-0.25, -0.2) is 4.79 Å². The molecule has 1 aliphatic rings. The van der Waals surface area contributed by atoms with Crippen molar-refractivity contribution in [2.45, 2.75) is 11.8 Å². The molecule has 0 bridgehead atoms. The molecule has 0 heterocycles. The number of methoxy groups -OCH3 is 1. The fourth-order valence-corrected chi connectivity index (χ4v) is 0.761. The summed E-state index contributed by atoms with van der Waals surface area (Å²) >= 11 is 0. The Hall–Kier alpha value is -1.07. The minimum absolute atomic E-state index is 0.0984. The second kappa shape index (κ2) is 2.21. The summed E-state index contributed by atoms with van der Waals surface area (Å²) in [7, 11) is 0.843. The second-order valence-electron chi connectivity index (χ2n) is 2.25. The first-order valence-corrected chi connectivity index (χ1v) is 2.90. The summed E-state index contributed by atoms with van der Waals surface area (Å²) in [6.07, 6.45) is -0.0984. The van der Waals surface area contributed by atoms with Crippen LogP contribution in [0.25, 0.3) is 0 Å². The van der Waals surface area contributed by atoms with Crippen LogP contribution in [0.15, 0.2) is 11.6 Å². The molecular weight excluding hydrogens is 180 g/mol. The highest BCUT2D eigenvalue weighted by atomic mass is 19.3. The van der Waals surface area contributed by atoms with Crippen molar-refractivity contribution in [2.24, 2.45) is 0 Å². The first-order valence-electron chi connectivity index (χ1n) is 2.90. The van der Waals surface area contributed by atoms with Gasteiger partial charge >= 0.3 is 17.8 Å². The van der Waals surface area contributed by atoms with E-state index in [0.29, 0.717) is 0 Å². The van der Waals surface area contributed by atoms with E-state index in [0.717, 1.165) is 7.11 Å². The summed E-state index contributed by atoms with van der Waals surface area (Å²) < 4.78 is 52.5. The van der Waals surface area contributed by atoms with Crippen molar-refractivity contribution in [3.05, 3.63) is 11.6 Å². The Kier molecular flexibility index (Phi) is 1.66. The Morgan fingerprint density at radius 1 is 1.42 bits per heavy atom. The van der Waals surface area contributed by atoms with Gasteiger partial charge in [-0.1, -0.05) is 0 Å². The molecule has 0 aromatic rings. The van der Waals surface area contributed by atoms with Crippen LogP contribution in [0.4, 0.5) is 17.6 Å². The van der Waals surface area contributed by atoms with E-state index in [4.69, 9.17) is 0 Å². The molecule has 0 N–H and O–H groups in total. The molecule has 0 aliphatic heterocycles. The molecule has 0 saturated carbocycles. The minimum Gasteiger partial charge on any atom is -0.465 e. The molecule has 0 radical (unpaired) electrons. The minimum atomic E-state index is -4.39. The van der Waals surface area contributed by atoms with Gasteiger partial charge in [0.15, 0.2) is 0 Å². The molecule has 0 fully saturated rings. The van der Waals surface area contributed by atoms with Crippen LogP contribution in [0.5, 0.6) is 0 Å². The standard InChI is InChI=1S/C6H4F4O2/c1-12-4(11)3-2-5(7,8)6(3,9)10/h2H,1H3. The van der Waals surface area contributed by atoms with Gasteiger partial charge in [0, 0.05) is 6.08 Å². The lowest BCUT2D eigenvalue weighted by Gasteiger charge is -2.33. The van der Waals surface area contributed by atoms with E-state index >= 15 is 0 Å². The topological polar surface area (TPSA) is 26.3 Å². The van der Waals surface area contributed by atoms with E-state index in [1.165, 1.54) is 0 Å². The van der Waals surface area contributed by atoms with Gasteiger partial charge in [-0.2, -0.15) is 17.6 Å². The van der Waals surface area contributed by atoms with E-state index in [-0.39, 0.29) is 6.08 Å². The Morgan fingerprint density at radius 2 is 1.92 bits per heavy atom. The third kappa shape index (κ3) is 0.904. The highest BCUT2D eigenvalue weighted by Crippen LogP contribution is 2.50. The molecule has 68 valence electrons. The van der Waals surface area contributed by atoms with E-state index in [1.807, 2.05) is 0 Å². The van der Waals surface area contributed by atoms with Crippen LogP contribution < -0.4 is 0 Å². The summed E-state index contributed by atoms with van der Waals surface area (Å²) in [4.78, 5) is 10.4. The number of rotatable bonds is 1. The molecule has 1 rings (SSSR count). The Morgan fingerprint density at radius 3 is 2.17 bits per heavy atom. The van der Waals surface area contributed by atoms with Crippen LogP contribution in [0.1, 0.15) is 0 Å². The molecule has 0 aromatic heterocycles. The monoisotopic (exact) mass is 184 g/mol. The molecule has 0 aromatic carbocycles. The predicted molar refractivity (Wildman–Crippen MR) is 30.0 cm³/mol. The van der Waals surface area contributed by atoms with Crippen molar-refractivity contribution in [2.75, 3.05) is 7.11 Å². The molecule has 0 spiro atoms. The summed E-state index contributed by atoms with van der Waals surface area (Å²) in [6, 6.07) is 0. The third-order valence-electron chi connectivity index (χ3n) is 1.49. The predicted octanol–water partition coefficient (Wildman–Crippen LogP) is 1.37. The zero-order valence-electron chi connectivity index (χ0n) is 5.91. The van der Waals surface area contributed by atoms with Gasteiger partial charge < -0.3 is 4.74 Å². The zero-order valence-corrected chi connectivity index (χ0v) is 5.91. The largest absolute Gasteiger partial charge is 0.465 e. The molecule has 0 amide bonds. The second-order valence-corrected chi connectivity index (χ2v) is 2.25. The van der Waals surface area contributed by atoms with Crippen molar-refractivity contribution < 1.29 is 27.1 Å². The average Bonchev–Trinajstić information content (AvgIpc) is 1.99. The summed E-state index contributed by atoms with van der Waals surface area (Å²) in [6.45, 7) is 0. The van der Waals surface area contributed by atoms with Crippen LogP contribution in [-0.2, 0) is 9.53 Å². The fraction of sp³-hybridized carbons (Fsp3) is 0.500. The van der Waals surface area contributed by atoms with Crippen molar-refractivity contribution in [1.82, 2.24) is 0 Å². The number of alkyl halides is 4. The first-order chi connectivity index (χ1) is 5.33. The molecule has 2 nitrogen and oxygen atoms in total. The Labute approximate surface area is 64.8 Å². The molecular formula is C6H4F4O2. The number of halogens is 4. The Balaban J connectivity index is 2.94. The van der Waals surface area contributed by atoms with Crippen molar-refractivity contribution in [1.29, 1.82) is 0 Å². The zero-order chi connectivity index (χ0) is 9.57. The van der Waals surface area contributed by atoms with Crippen molar-refractivity contribution in [3.63, 3.8) is 0 Å². The average molecular weight is 184 g/mol. The number of allylic oxidation sites excluding steroid dienone is 1. The number of carbonyl (C=O) groups is 1. The summed E-state index contributed by atoms with van der Waals surface area (Å²) in [5.74, 6) is -10.0. The van der Waals surface area contributed by atoms with Crippen LogP contribution in [0.3, 0.4) is 0 Å². The maximum absolute atomic E-state index is 12.3. The SMILES string of the molecule is COC(=O)C1=CC(F)(F)C1(F)F. The molecule has 0 saturated heterocycles. The highest BCUT2D eigenvalue weighted by molar-refractivity contribution is 5.93. The van der Waals surface area contributed by atoms with Crippen LogP contribution in [-0.4, -0.2) is 24.9 Å². The third-order valence-corrected chi connectivity index (χ3v) is 1.49. The quantitative estimate of drug-likeness (QED) is 0.454. The molecule has 0 unspecified atom stereocenters. The first kappa shape index (κ1) is 9.02. The van der Waals surface area contributed by atoms with Gasteiger partial charge in [-0.05, 0) is 0 Å². The number of hydrogen-bond acceptors (Lipinski definition) is 2. The lowest BCUT2D eigenvalue weighted by molar-refractivity contribution is -0.189. The fourth-order valence-electron chi connectivity index (χ4n) is 0.761. The number of carbonyl (C=O) groups excluding carboxylic acids is 1. The van der Waals surface area contributed by atoms with Crippen LogP contribution in [0.2, 0.25) is 0 Å². The Bertz CT molecular complexity index is 256.